The van der Waals surface area contributed by atoms with Gasteiger partial charge in [0.2, 0.25) is 0 Å². The third kappa shape index (κ3) is 3.20. The number of hydrogen-bond donors (Lipinski definition) is 2. The topological polar surface area (TPSA) is 66.5 Å². The number of hydrogen-bond acceptors (Lipinski definition) is 5. The molecule has 0 aromatic carbocycles. The molecular formula is C11H15N5S. The summed E-state index contributed by atoms with van der Waals surface area (Å²) in [6, 6.07) is 1.92. The molecule has 0 spiro atoms. The number of aromatic amines is 1. The third-order valence-electron chi connectivity index (χ3n) is 2.15. The molecule has 0 radical (unpaired) electrons. The Labute approximate surface area is 104 Å². The molecule has 0 saturated carbocycles. The summed E-state index contributed by atoms with van der Waals surface area (Å²) >= 11 is 1.51. The first-order valence-electron chi connectivity index (χ1n) is 5.54. The molecule has 0 saturated heterocycles. The van der Waals surface area contributed by atoms with Crippen LogP contribution in [0.5, 0.6) is 0 Å². The maximum Gasteiger partial charge on any atom is 0.171 e. The summed E-state index contributed by atoms with van der Waals surface area (Å²) in [6.07, 6.45) is 5.46. The highest BCUT2D eigenvalue weighted by molar-refractivity contribution is 7.99. The van der Waals surface area contributed by atoms with E-state index in [9.17, 15) is 0 Å². The highest BCUT2D eigenvalue weighted by Gasteiger charge is 2.06. The minimum absolute atomic E-state index is 0.841. The van der Waals surface area contributed by atoms with E-state index in [4.69, 9.17) is 0 Å². The number of rotatable bonds is 5. The van der Waals surface area contributed by atoms with E-state index in [2.05, 4.69) is 32.2 Å². The Morgan fingerprint density at radius 2 is 2.29 bits per heavy atom. The molecular weight excluding hydrogens is 234 g/mol. The molecule has 2 N–H and O–H groups in total. The summed E-state index contributed by atoms with van der Waals surface area (Å²) in [5.74, 6) is 1.71. The summed E-state index contributed by atoms with van der Waals surface area (Å²) in [4.78, 5) is 16.1. The van der Waals surface area contributed by atoms with Gasteiger partial charge >= 0.3 is 0 Å². The predicted octanol–water partition coefficient (Wildman–Crippen LogP) is 2.35. The lowest BCUT2D eigenvalue weighted by atomic mass is 10.3. The maximum atomic E-state index is 4.50. The Morgan fingerprint density at radius 1 is 1.41 bits per heavy atom. The molecule has 90 valence electrons. The molecule has 0 fully saturated rings. The van der Waals surface area contributed by atoms with E-state index in [0.717, 1.165) is 34.7 Å². The summed E-state index contributed by atoms with van der Waals surface area (Å²) in [6.45, 7) is 2.12. The molecule has 17 heavy (non-hydrogen) atoms. The van der Waals surface area contributed by atoms with Crippen LogP contribution < -0.4 is 5.32 Å². The van der Waals surface area contributed by atoms with Gasteiger partial charge in [0.05, 0.1) is 0 Å². The molecule has 2 aromatic rings. The van der Waals surface area contributed by atoms with Crippen molar-refractivity contribution in [2.75, 3.05) is 12.4 Å². The lowest BCUT2D eigenvalue weighted by Gasteiger charge is -2.05. The van der Waals surface area contributed by atoms with Gasteiger partial charge in [-0.05, 0) is 18.2 Å². The number of imidazole rings is 1. The average molecular weight is 249 g/mol. The first-order valence-corrected chi connectivity index (χ1v) is 6.36. The minimum Gasteiger partial charge on any atom is -0.373 e. The average Bonchev–Trinajstić information content (AvgIpc) is 2.82. The van der Waals surface area contributed by atoms with Crippen LogP contribution in [0.2, 0.25) is 0 Å². The first kappa shape index (κ1) is 11.9. The van der Waals surface area contributed by atoms with E-state index in [0.29, 0.717) is 0 Å². The summed E-state index contributed by atoms with van der Waals surface area (Å²) in [5.41, 5.74) is 0. The van der Waals surface area contributed by atoms with Crippen molar-refractivity contribution in [2.24, 2.45) is 0 Å². The van der Waals surface area contributed by atoms with Gasteiger partial charge in [-0.25, -0.2) is 15.0 Å². The van der Waals surface area contributed by atoms with Crippen molar-refractivity contribution in [3.8, 4) is 0 Å². The zero-order valence-corrected chi connectivity index (χ0v) is 10.7. The van der Waals surface area contributed by atoms with Crippen LogP contribution in [-0.2, 0) is 6.42 Å². The van der Waals surface area contributed by atoms with Crippen molar-refractivity contribution < 1.29 is 0 Å². The second-order valence-corrected chi connectivity index (χ2v) is 4.51. The van der Waals surface area contributed by atoms with Gasteiger partial charge < -0.3 is 10.3 Å². The van der Waals surface area contributed by atoms with Crippen molar-refractivity contribution in [1.82, 2.24) is 19.9 Å². The van der Waals surface area contributed by atoms with Crippen LogP contribution in [0.4, 0.5) is 5.82 Å². The standard InChI is InChI=1S/C11H15N5S/c1-3-4-8-15-9(12-2)7-10(16-8)17-11-13-5-6-14-11/h5-7H,3-4H2,1-2H3,(H,13,14)(H,12,15,16). The molecule has 0 aliphatic rings. The van der Waals surface area contributed by atoms with Crippen LogP contribution in [0.3, 0.4) is 0 Å². The first-order chi connectivity index (χ1) is 8.31. The lowest BCUT2D eigenvalue weighted by molar-refractivity contribution is 0.811. The number of aromatic nitrogens is 4. The van der Waals surface area contributed by atoms with E-state index in [1.165, 1.54) is 11.8 Å². The van der Waals surface area contributed by atoms with Crippen molar-refractivity contribution in [2.45, 2.75) is 29.9 Å². The monoisotopic (exact) mass is 249 g/mol. The summed E-state index contributed by atoms with van der Waals surface area (Å²) in [5, 5.41) is 4.80. The molecule has 6 heteroatoms. The number of H-pyrrole nitrogens is 1. The van der Waals surface area contributed by atoms with E-state index >= 15 is 0 Å². The van der Waals surface area contributed by atoms with Crippen LogP contribution in [0.1, 0.15) is 19.2 Å². The third-order valence-corrected chi connectivity index (χ3v) is 2.99. The Balaban J connectivity index is 2.23. The Morgan fingerprint density at radius 3 is 2.94 bits per heavy atom. The molecule has 0 aliphatic carbocycles. The van der Waals surface area contributed by atoms with E-state index in [-0.39, 0.29) is 0 Å². The Bertz CT molecular complexity index is 469. The molecule has 0 aliphatic heterocycles. The second kappa shape index (κ2) is 5.67. The molecule has 5 nitrogen and oxygen atoms in total. The van der Waals surface area contributed by atoms with Gasteiger partial charge in [0.25, 0.3) is 0 Å². The number of aryl methyl sites for hydroxylation is 1. The molecule has 0 bridgehead atoms. The molecule has 2 rings (SSSR count). The summed E-state index contributed by atoms with van der Waals surface area (Å²) < 4.78 is 0. The van der Waals surface area contributed by atoms with Gasteiger partial charge in [-0.15, -0.1) is 0 Å². The van der Waals surface area contributed by atoms with Gasteiger partial charge in [-0.2, -0.15) is 0 Å². The van der Waals surface area contributed by atoms with Crippen LogP contribution in [0, 0.1) is 0 Å². The zero-order chi connectivity index (χ0) is 12.1. The van der Waals surface area contributed by atoms with Crippen LogP contribution in [0.25, 0.3) is 0 Å². The van der Waals surface area contributed by atoms with Crippen molar-refractivity contribution in [3.63, 3.8) is 0 Å². The van der Waals surface area contributed by atoms with E-state index in [1.54, 1.807) is 12.4 Å². The number of nitrogens with zero attached hydrogens (tertiary/aromatic N) is 3. The zero-order valence-electron chi connectivity index (χ0n) is 9.90. The normalized spacial score (nSPS) is 10.5. The van der Waals surface area contributed by atoms with Gasteiger partial charge in [0, 0.05) is 31.9 Å². The number of anilines is 1. The molecule has 2 heterocycles. The lowest BCUT2D eigenvalue weighted by Crippen LogP contribution is -2.01. The quantitative estimate of drug-likeness (QED) is 0.796. The van der Waals surface area contributed by atoms with E-state index < -0.39 is 0 Å². The minimum atomic E-state index is 0.841. The molecule has 0 amide bonds. The highest BCUT2D eigenvalue weighted by Crippen LogP contribution is 2.24. The maximum absolute atomic E-state index is 4.50. The summed E-state index contributed by atoms with van der Waals surface area (Å²) in [7, 11) is 1.86. The highest BCUT2D eigenvalue weighted by atomic mass is 32.2. The Kier molecular flexibility index (Phi) is 3.98. The van der Waals surface area contributed by atoms with Gasteiger partial charge in [-0.1, -0.05) is 6.92 Å². The van der Waals surface area contributed by atoms with Crippen molar-refractivity contribution in [3.05, 3.63) is 24.3 Å². The predicted molar refractivity (Wildman–Crippen MR) is 68.3 cm³/mol. The Hall–Kier alpha value is -1.56. The van der Waals surface area contributed by atoms with Crippen LogP contribution in [-0.4, -0.2) is 27.0 Å². The van der Waals surface area contributed by atoms with Gasteiger partial charge in [0.1, 0.15) is 16.7 Å². The molecule has 0 unspecified atom stereocenters. The van der Waals surface area contributed by atoms with Crippen molar-refractivity contribution >= 4 is 17.6 Å². The van der Waals surface area contributed by atoms with Gasteiger partial charge in [0.15, 0.2) is 5.16 Å². The number of nitrogens with one attached hydrogen (secondary N) is 2. The smallest absolute Gasteiger partial charge is 0.171 e. The van der Waals surface area contributed by atoms with Crippen molar-refractivity contribution in [1.29, 1.82) is 0 Å². The molecule has 0 atom stereocenters. The van der Waals surface area contributed by atoms with Gasteiger partial charge in [-0.3, -0.25) is 0 Å². The fraction of sp³-hybridized carbons (Fsp3) is 0.364. The fourth-order valence-electron chi connectivity index (χ4n) is 1.39. The van der Waals surface area contributed by atoms with Crippen LogP contribution >= 0.6 is 11.8 Å². The molecule has 2 aromatic heterocycles. The van der Waals surface area contributed by atoms with E-state index in [1.807, 2.05) is 13.1 Å². The van der Waals surface area contributed by atoms with Crippen LogP contribution in [0.15, 0.2) is 28.6 Å². The second-order valence-electron chi connectivity index (χ2n) is 3.50. The largest absolute Gasteiger partial charge is 0.373 e. The SMILES string of the molecule is CCCc1nc(NC)cc(Sc2ncc[nH]2)n1. The fourth-order valence-corrected chi connectivity index (χ4v) is 2.15.